The summed E-state index contributed by atoms with van der Waals surface area (Å²) in [6, 6.07) is 2.68. The van der Waals surface area contributed by atoms with Gasteiger partial charge >= 0.3 is 0 Å². The molecular weight excluding hydrogens is 242 g/mol. The highest BCUT2D eigenvalue weighted by molar-refractivity contribution is 4.96. The minimum atomic E-state index is 0.214. The van der Waals surface area contributed by atoms with Gasteiger partial charge in [-0.25, -0.2) is 4.68 Å². The molecule has 0 aliphatic heterocycles. The standard InChI is InChI=1S/C12H19N7/c1-10(12-14-15-16-19(12)11-4-5-11)17(2)8-9-18-7-3-6-13-18/h3,6-7,10-11H,4-5,8-9H2,1-2H3. The topological polar surface area (TPSA) is 64.7 Å². The molecule has 0 saturated heterocycles. The van der Waals surface area contributed by atoms with Crippen LogP contribution >= 0.6 is 0 Å². The van der Waals surface area contributed by atoms with E-state index >= 15 is 0 Å². The van der Waals surface area contributed by atoms with Crippen LogP contribution in [0.15, 0.2) is 18.5 Å². The monoisotopic (exact) mass is 261 g/mol. The molecule has 2 aromatic heterocycles. The molecule has 3 rings (SSSR count). The Bertz CT molecular complexity index is 514. The lowest BCUT2D eigenvalue weighted by atomic mass is 10.2. The molecule has 1 saturated carbocycles. The zero-order valence-electron chi connectivity index (χ0n) is 11.3. The van der Waals surface area contributed by atoms with E-state index in [-0.39, 0.29) is 6.04 Å². The fourth-order valence-corrected chi connectivity index (χ4v) is 2.14. The summed E-state index contributed by atoms with van der Waals surface area (Å²) in [6.45, 7) is 3.94. The molecular formula is C12H19N7. The predicted molar refractivity (Wildman–Crippen MR) is 69.4 cm³/mol. The van der Waals surface area contributed by atoms with E-state index in [1.165, 1.54) is 12.8 Å². The second kappa shape index (κ2) is 5.08. The van der Waals surface area contributed by atoms with Gasteiger partial charge in [0.2, 0.25) is 0 Å². The van der Waals surface area contributed by atoms with E-state index < -0.39 is 0 Å². The molecule has 7 nitrogen and oxygen atoms in total. The molecule has 1 atom stereocenters. The molecule has 0 N–H and O–H groups in total. The molecule has 1 unspecified atom stereocenters. The van der Waals surface area contributed by atoms with Crippen LogP contribution in [0.3, 0.4) is 0 Å². The van der Waals surface area contributed by atoms with Crippen molar-refractivity contribution < 1.29 is 0 Å². The number of nitrogens with zero attached hydrogens (tertiary/aromatic N) is 7. The van der Waals surface area contributed by atoms with Crippen LogP contribution in [0.2, 0.25) is 0 Å². The smallest absolute Gasteiger partial charge is 0.168 e. The van der Waals surface area contributed by atoms with E-state index in [0.717, 1.165) is 18.9 Å². The third-order valence-electron chi connectivity index (χ3n) is 3.69. The van der Waals surface area contributed by atoms with Gasteiger partial charge < -0.3 is 0 Å². The SMILES string of the molecule is CC(c1nnnn1C1CC1)N(C)CCn1cccn1. The van der Waals surface area contributed by atoms with Crippen molar-refractivity contribution in [3.8, 4) is 0 Å². The van der Waals surface area contributed by atoms with Crippen molar-refractivity contribution in [1.82, 2.24) is 34.9 Å². The van der Waals surface area contributed by atoms with Crippen LogP contribution in [0.25, 0.3) is 0 Å². The first-order valence-electron chi connectivity index (χ1n) is 6.71. The lowest BCUT2D eigenvalue weighted by molar-refractivity contribution is 0.232. The first-order valence-corrected chi connectivity index (χ1v) is 6.71. The van der Waals surface area contributed by atoms with Crippen molar-refractivity contribution in [1.29, 1.82) is 0 Å². The molecule has 0 aromatic carbocycles. The van der Waals surface area contributed by atoms with Crippen LogP contribution in [0.5, 0.6) is 0 Å². The Balaban J connectivity index is 1.62. The summed E-state index contributed by atoms with van der Waals surface area (Å²) in [6.07, 6.45) is 6.17. The molecule has 0 radical (unpaired) electrons. The van der Waals surface area contributed by atoms with Gasteiger partial charge in [0.05, 0.1) is 18.6 Å². The van der Waals surface area contributed by atoms with Gasteiger partial charge in [0, 0.05) is 18.9 Å². The second-order valence-corrected chi connectivity index (χ2v) is 5.14. The van der Waals surface area contributed by atoms with Gasteiger partial charge in [-0.15, -0.1) is 5.10 Å². The highest BCUT2D eigenvalue weighted by Crippen LogP contribution is 2.35. The molecule has 102 valence electrons. The largest absolute Gasteiger partial charge is 0.295 e. The van der Waals surface area contributed by atoms with E-state index in [2.05, 4.69) is 39.5 Å². The summed E-state index contributed by atoms with van der Waals surface area (Å²) in [5.74, 6) is 0.963. The van der Waals surface area contributed by atoms with Crippen molar-refractivity contribution in [2.45, 2.75) is 38.4 Å². The normalized spacial score (nSPS) is 17.0. The van der Waals surface area contributed by atoms with E-state index in [4.69, 9.17) is 0 Å². The van der Waals surface area contributed by atoms with Gasteiger partial charge in [0.1, 0.15) is 0 Å². The highest BCUT2D eigenvalue weighted by Gasteiger charge is 2.30. The van der Waals surface area contributed by atoms with Crippen LogP contribution in [0, 0.1) is 0 Å². The molecule has 0 amide bonds. The molecule has 1 aliphatic carbocycles. The van der Waals surface area contributed by atoms with E-state index in [9.17, 15) is 0 Å². The van der Waals surface area contributed by atoms with Crippen LogP contribution < -0.4 is 0 Å². The van der Waals surface area contributed by atoms with Gasteiger partial charge in [0.25, 0.3) is 0 Å². The van der Waals surface area contributed by atoms with Crippen LogP contribution in [0.4, 0.5) is 0 Å². The quantitative estimate of drug-likeness (QED) is 0.773. The molecule has 19 heavy (non-hydrogen) atoms. The highest BCUT2D eigenvalue weighted by atomic mass is 15.6. The first-order chi connectivity index (χ1) is 9.25. The molecule has 0 bridgehead atoms. The lowest BCUT2D eigenvalue weighted by Crippen LogP contribution is -2.28. The Labute approximate surface area is 112 Å². The van der Waals surface area contributed by atoms with Crippen molar-refractivity contribution in [2.24, 2.45) is 0 Å². The van der Waals surface area contributed by atoms with E-state index in [1.807, 2.05) is 21.6 Å². The molecule has 2 heterocycles. The maximum Gasteiger partial charge on any atom is 0.168 e. The van der Waals surface area contributed by atoms with Gasteiger partial charge in [-0.05, 0) is 43.3 Å². The van der Waals surface area contributed by atoms with Crippen molar-refractivity contribution >= 4 is 0 Å². The molecule has 1 aliphatic rings. The zero-order chi connectivity index (χ0) is 13.2. The van der Waals surface area contributed by atoms with E-state index in [1.54, 1.807) is 6.20 Å². The van der Waals surface area contributed by atoms with Gasteiger partial charge in [-0.1, -0.05) is 0 Å². The number of hydrogen-bond donors (Lipinski definition) is 0. The summed E-state index contributed by atoms with van der Waals surface area (Å²) in [4.78, 5) is 2.26. The number of rotatable bonds is 6. The maximum atomic E-state index is 4.21. The minimum Gasteiger partial charge on any atom is -0.295 e. The maximum absolute atomic E-state index is 4.21. The van der Waals surface area contributed by atoms with Gasteiger partial charge in [-0.3, -0.25) is 9.58 Å². The second-order valence-electron chi connectivity index (χ2n) is 5.14. The minimum absolute atomic E-state index is 0.214. The van der Waals surface area contributed by atoms with Crippen LogP contribution in [-0.2, 0) is 6.54 Å². The van der Waals surface area contributed by atoms with Gasteiger partial charge in [-0.2, -0.15) is 5.10 Å². The summed E-state index contributed by atoms with van der Waals surface area (Å²) in [7, 11) is 2.10. The van der Waals surface area contributed by atoms with Crippen molar-refractivity contribution in [3.05, 3.63) is 24.3 Å². The Kier molecular flexibility index (Phi) is 3.29. The zero-order valence-corrected chi connectivity index (χ0v) is 11.3. The number of aromatic nitrogens is 6. The van der Waals surface area contributed by atoms with Crippen molar-refractivity contribution in [3.63, 3.8) is 0 Å². The Morgan fingerprint density at radius 3 is 3.00 bits per heavy atom. The van der Waals surface area contributed by atoms with E-state index in [0.29, 0.717) is 6.04 Å². The summed E-state index contributed by atoms with van der Waals surface area (Å²) in [5.41, 5.74) is 0. The summed E-state index contributed by atoms with van der Waals surface area (Å²) in [5, 5.41) is 16.3. The third kappa shape index (κ3) is 2.65. The third-order valence-corrected chi connectivity index (χ3v) is 3.69. The Hall–Kier alpha value is -1.76. The molecule has 7 heteroatoms. The fourth-order valence-electron chi connectivity index (χ4n) is 2.14. The predicted octanol–water partition coefficient (Wildman–Crippen LogP) is 0.897. The van der Waals surface area contributed by atoms with Crippen molar-refractivity contribution in [2.75, 3.05) is 13.6 Å². The number of likely N-dealkylation sites (N-methyl/N-ethyl adjacent to an activating group) is 1. The molecule has 0 spiro atoms. The average Bonchev–Trinajstić information content (AvgIpc) is 2.95. The fraction of sp³-hybridized carbons (Fsp3) is 0.667. The summed E-state index contributed by atoms with van der Waals surface area (Å²) >= 11 is 0. The molecule has 2 aromatic rings. The Morgan fingerprint density at radius 1 is 1.47 bits per heavy atom. The summed E-state index contributed by atoms with van der Waals surface area (Å²) < 4.78 is 3.92. The number of hydrogen-bond acceptors (Lipinski definition) is 5. The lowest BCUT2D eigenvalue weighted by Gasteiger charge is -2.23. The van der Waals surface area contributed by atoms with Gasteiger partial charge in [0.15, 0.2) is 5.82 Å². The Morgan fingerprint density at radius 2 is 2.32 bits per heavy atom. The van der Waals surface area contributed by atoms with Crippen LogP contribution in [0.1, 0.15) is 37.7 Å². The molecule has 1 fully saturated rings. The number of tetrazole rings is 1. The average molecular weight is 261 g/mol. The first kappa shape index (κ1) is 12.3. The van der Waals surface area contributed by atoms with Crippen LogP contribution in [-0.4, -0.2) is 48.5 Å².